The van der Waals surface area contributed by atoms with Gasteiger partial charge >= 0.3 is 11.9 Å². The standard InChI is InChI=1S/C18H23NO4/c1-3-22-18(21)16-14-10-9-13(19(14)2)11-15(16)23-17(20)12-7-5-4-6-8-12/h4-8,13-16H,3,9-11H2,1-2H3/t13-,14+,15-,16+/m0/s1/i4D,5D,6D,7D,8D. The third-order valence-corrected chi connectivity index (χ3v) is 4.74. The van der Waals surface area contributed by atoms with E-state index < -0.39 is 59.7 Å². The fraction of sp³-hybridized carbons (Fsp3) is 0.556. The van der Waals surface area contributed by atoms with Crippen molar-refractivity contribution in [1.82, 2.24) is 4.90 Å². The molecule has 124 valence electrons. The maximum Gasteiger partial charge on any atom is 0.338 e. The molecule has 3 rings (SSSR count). The molecule has 2 heterocycles. The van der Waals surface area contributed by atoms with Gasteiger partial charge in [0.25, 0.3) is 0 Å². The van der Waals surface area contributed by atoms with Crippen LogP contribution in [-0.2, 0) is 14.3 Å². The van der Waals surface area contributed by atoms with Gasteiger partial charge in [-0.2, -0.15) is 0 Å². The lowest BCUT2D eigenvalue weighted by atomic mass is 9.87. The van der Waals surface area contributed by atoms with Crippen molar-refractivity contribution in [3.8, 4) is 0 Å². The molecule has 0 unspecified atom stereocenters. The molecule has 0 aliphatic carbocycles. The van der Waals surface area contributed by atoms with Gasteiger partial charge in [0.1, 0.15) is 12.0 Å². The van der Waals surface area contributed by atoms with Crippen LogP contribution in [0.25, 0.3) is 0 Å². The third kappa shape index (κ3) is 3.11. The number of rotatable bonds is 4. The Morgan fingerprint density at radius 1 is 1.30 bits per heavy atom. The van der Waals surface area contributed by atoms with E-state index >= 15 is 0 Å². The summed E-state index contributed by atoms with van der Waals surface area (Å²) in [7, 11) is 1.93. The normalized spacial score (nSPS) is 33.0. The molecule has 0 saturated carbocycles. The summed E-state index contributed by atoms with van der Waals surface area (Å²) in [6, 6.07) is -2.95. The Kier molecular flexibility index (Phi) is 3.15. The molecule has 1 aromatic rings. The van der Waals surface area contributed by atoms with Gasteiger partial charge in [0.15, 0.2) is 0 Å². The Morgan fingerprint density at radius 3 is 2.74 bits per heavy atom. The second-order valence-corrected chi connectivity index (χ2v) is 5.92. The Bertz CT molecular complexity index is 789. The largest absolute Gasteiger partial charge is 0.466 e. The number of ether oxygens (including phenoxy) is 2. The molecular formula is C18H23NO4. The summed E-state index contributed by atoms with van der Waals surface area (Å²) in [5.74, 6) is -2.13. The summed E-state index contributed by atoms with van der Waals surface area (Å²) < 4.78 is 49.7. The quantitative estimate of drug-likeness (QED) is 0.796. The van der Waals surface area contributed by atoms with Gasteiger partial charge in [0.05, 0.1) is 19.0 Å². The first kappa shape index (κ1) is 10.8. The van der Waals surface area contributed by atoms with Crippen LogP contribution in [0.5, 0.6) is 0 Å². The molecule has 2 aliphatic rings. The molecule has 0 aromatic heterocycles. The molecule has 0 radical (unpaired) electrons. The molecule has 5 heteroatoms. The number of hydrogen-bond donors (Lipinski definition) is 0. The minimum atomic E-state index is -1.01. The Balaban J connectivity index is 1.92. The molecule has 4 atom stereocenters. The van der Waals surface area contributed by atoms with Crippen molar-refractivity contribution < 1.29 is 25.9 Å². The topological polar surface area (TPSA) is 55.8 Å². The summed E-state index contributed by atoms with van der Waals surface area (Å²) in [5.41, 5.74) is -0.514. The minimum absolute atomic E-state index is 0.115. The first-order valence-corrected chi connectivity index (χ1v) is 7.85. The van der Waals surface area contributed by atoms with E-state index in [0.29, 0.717) is 6.42 Å². The van der Waals surface area contributed by atoms with Crippen LogP contribution in [0, 0.1) is 5.92 Å². The van der Waals surface area contributed by atoms with Gasteiger partial charge in [-0.1, -0.05) is 18.1 Å². The van der Waals surface area contributed by atoms with E-state index in [4.69, 9.17) is 16.3 Å². The van der Waals surface area contributed by atoms with Gasteiger partial charge in [-0.3, -0.25) is 9.69 Å². The zero-order chi connectivity index (χ0) is 20.7. The van der Waals surface area contributed by atoms with Crippen LogP contribution in [0.2, 0.25) is 0 Å². The number of carbonyl (C=O) groups excluding carboxylic acids is 2. The monoisotopic (exact) mass is 322 g/mol. The van der Waals surface area contributed by atoms with Crippen molar-refractivity contribution in [3.05, 3.63) is 35.8 Å². The maximum atomic E-state index is 12.8. The van der Waals surface area contributed by atoms with Crippen molar-refractivity contribution in [2.75, 3.05) is 13.7 Å². The zero-order valence-electron chi connectivity index (χ0n) is 18.2. The molecule has 2 fully saturated rings. The molecule has 2 bridgehead atoms. The molecule has 23 heavy (non-hydrogen) atoms. The average Bonchev–Trinajstić information content (AvgIpc) is 2.88. The number of benzene rings is 1. The van der Waals surface area contributed by atoms with Crippen LogP contribution in [0.1, 0.15) is 43.4 Å². The minimum Gasteiger partial charge on any atom is -0.466 e. The van der Waals surface area contributed by atoms with Crippen molar-refractivity contribution in [3.63, 3.8) is 0 Å². The van der Waals surface area contributed by atoms with E-state index in [1.165, 1.54) is 0 Å². The predicted molar refractivity (Wildman–Crippen MR) is 85.0 cm³/mol. The fourth-order valence-electron chi connectivity index (χ4n) is 3.64. The van der Waals surface area contributed by atoms with Gasteiger partial charge in [-0.05, 0) is 38.9 Å². The number of esters is 2. The highest BCUT2D eigenvalue weighted by Gasteiger charge is 2.51. The third-order valence-electron chi connectivity index (χ3n) is 4.74. The number of fused-ring (bicyclic) bond motifs is 2. The summed E-state index contributed by atoms with van der Waals surface area (Å²) >= 11 is 0. The van der Waals surface area contributed by atoms with Crippen LogP contribution in [0.15, 0.2) is 30.2 Å². The van der Waals surface area contributed by atoms with Crippen molar-refractivity contribution in [2.24, 2.45) is 5.92 Å². The van der Waals surface area contributed by atoms with Gasteiger partial charge in [0.2, 0.25) is 0 Å². The van der Waals surface area contributed by atoms with Gasteiger partial charge in [-0.15, -0.1) is 0 Å². The smallest absolute Gasteiger partial charge is 0.338 e. The van der Waals surface area contributed by atoms with E-state index in [0.717, 1.165) is 12.8 Å². The number of piperidine rings is 1. The SMILES string of the molecule is [2H]c1c([2H])c([2H])c(C(=O)O[C@H]2C[C@@H]3CC[C@H]([C@H]2C(=O)OCC)N3C)c([2H])c1[2H]. The predicted octanol–water partition coefficient (Wildman–Crippen LogP) is 2.26. The molecule has 1 aromatic carbocycles. The van der Waals surface area contributed by atoms with Crippen LogP contribution >= 0.6 is 0 Å². The fourth-order valence-corrected chi connectivity index (χ4v) is 3.64. The number of nitrogens with zero attached hydrogens (tertiary/aromatic N) is 1. The Morgan fingerprint density at radius 2 is 2.04 bits per heavy atom. The lowest BCUT2D eigenvalue weighted by Crippen LogP contribution is -2.53. The Hall–Kier alpha value is -1.88. The summed E-state index contributed by atoms with van der Waals surface area (Å²) in [6.07, 6.45) is 1.33. The second-order valence-electron chi connectivity index (χ2n) is 5.92. The molecule has 2 saturated heterocycles. The lowest BCUT2D eigenvalue weighted by molar-refractivity contribution is -0.158. The van der Waals surface area contributed by atoms with E-state index in [1.807, 2.05) is 7.05 Å². The molecular weight excluding hydrogens is 294 g/mol. The molecule has 2 aliphatic heterocycles. The highest BCUT2D eigenvalue weighted by Crippen LogP contribution is 2.40. The van der Waals surface area contributed by atoms with Crippen LogP contribution < -0.4 is 0 Å². The van der Waals surface area contributed by atoms with Crippen LogP contribution in [-0.4, -0.2) is 48.7 Å². The molecule has 0 amide bonds. The first-order valence-electron chi connectivity index (χ1n) is 10.3. The van der Waals surface area contributed by atoms with E-state index in [2.05, 4.69) is 4.90 Å². The van der Waals surface area contributed by atoms with E-state index in [-0.39, 0.29) is 18.7 Å². The highest BCUT2D eigenvalue weighted by atomic mass is 16.6. The molecule has 0 spiro atoms. The Labute approximate surface area is 143 Å². The maximum absolute atomic E-state index is 12.8. The first-order chi connectivity index (χ1) is 13.2. The van der Waals surface area contributed by atoms with E-state index in [9.17, 15) is 9.59 Å². The van der Waals surface area contributed by atoms with Gasteiger partial charge < -0.3 is 9.47 Å². The van der Waals surface area contributed by atoms with Crippen LogP contribution in [0.4, 0.5) is 0 Å². The van der Waals surface area contributed by atoms with Gasteiger partial charge in [0, 0.05) is 18.5 Å². The molecule has 5 nitrogen and oxygen atoms in total. The van der Waals surface area contributed by atoms with Crippen molar-refractivity contribution >= 4 is 11.9 Å². The second kappa shape index (κ2) is 6.71. The van der Waals surface area contributed by atoms with Gasteiger partial charge in [-0.25, -0.2) is 4.79 Å². The summed E-state index contributed by atoms with van der Waals surface area (Å²) in [5, 5.41) is 0. The van der Waals surface area contributed by atoms with E-state index in [1.54, 1.807) is 6.92 Å². The summed E-state index contributed by atoms with van der Waals surface area (Å²) in [4.78, 5) is 27.4. The van der Waals surface area contributed by atoms with Crippen molar-refractivity contribution in [1.29, 1.82) is 0 Å². The highest BCUT2D eigenvalue weighted by molar-refractivity contribution is 5.89. The zero-order valence-corrected chi connectivity index (χ0v) is 13.2. The number of carbonyl (C=O) groups is 2. The summed E-state index contributed by atoms with van der Waals surface area (Å²) in [6.45, 7) is 1.91. The lowest BCUT2D eigenvalue weighted by Gasteiger charge is -2.40. The average molecular weight is 322 g/mol. The van der Waals surface area contributed by atoms with Crippen LogP contribution in [0.3, 0.4) is 0 Å². The van der Waals surface area contributed by atoms with Crippen molar-refractivity contribution in [2.45, 2.75) is 44.4 Å². The molecule has 0 N–H and O–H groups in total. The number of hydrogen-bond acceptors (Lipinski definition) is 5.